The van der Waals surface area contributed by atoms with Crippen LogP contribution in [0.2, 0.25) is 0 Å². The highest BCUT2D eigenvalue weighted by atomic mass is 16.7. The minimum absolute atomic E-state index is 0.297. The Labute approximate surface area is 162 Å². The topological polar surface area (TPSA) is 74.5 Å². The van der Waals surface area contributed by atoms with Gasteiger partial charge in [0.25, 0.3) is 0 Å². The van der Waals surface area contributed by atoms with Gasteiger partial charge in [-0.25, -0.2) is 9.97 Å². The zero-order valence-electron chi connectivity index (χ0n) is 15.3. The van der Waals surface area contributed by atoms with Gasteiger partial charge in [-0.05, 0) is 29.8 Å². The fourth-order valence-electron chi connectivity index (χ4n) is 3.70. The first-order valence-corrected chi connectivity index (χ1v) is 9.33. The van der Waals surface area contributed by atoms with Crippen LogP contribution in [-0.4, -0.2) is 47.8 Å². The number of hydrogen-bond donors (Lipinski definition) is 0. The molecule has 0 aliphatic carbocycles. The summed E-state index contributed by atoms with van der Waals surface area (Å²) in [7, 11) is 0. The lowest BCUT2D eigenvalue weighted by Crippen LogP contribution is -2.46. The molecule has 0 atom stereocenters. The number of piperazine rings is 1. The first-order chi connectivity index (χ1) is 13.8. The Morgan fingerprint density at radius 1 is 0.929 bits per heavy atom. The standard InChI is InChI=1S/C21H19N5O2/c22-12-18-21(24-17-4-2-1-3-16(17)23-18)26-9-7-25(8-10-26)13-15-5-6-19-20(11-15)28-14-27-19/h1-6,11H,7-10,13-14H2. The molecule has 0 saturated carbocycles. The van der Waals surface area contributed by atoms with Crippen molar-refractivity contribution in [2.24, 2.45) is 0 Å². The highest BCUT2D eigenvalue weighted by molar-refractivity contribution is 5.77. The van der Waals surface area contributed by atoms with Gasteiger partial charge in [-0.2, -0.15) is 5.26 Å². The van der Waals surface area contributed by atoms with Crippen LogP contribution >= 0.6 is 0 Å². The van der Waals surface area contributed by atoms with Crippen molar-refractivity contribution in [2.45, 2.75) is 6.54 Å². The summed E-state index contributed by atoms with van der Waals surface area (Å²) in [5.74, 6) is 2.32. The van der Waals surface area contributed by atoms with Crippen molar-refractivity contribution >= 4 is 16.9 Å². The first kappa shape index (κ1) is 16.8. The minimum Gasteiger partial charge on any atom is -0.454 e. The van der Waals surface area contributed by atoms with Gasteiger partial charge < -0.3 is 14.4 Å². The van der Waals surface area contributed by atoms with Gasteiger partial charge in [0.1, 0.15) is 6.07 Å². The molecule has 1 fully saturated rings. The Balaban J connectivity index is 1.29. The van der Waals surface area contributed by atoms with Crippen LogP contribution in [0.4, 0.5) is 5.82 Å². The third kappa shape index (κ3) is 3.08. The van der Waals surface area contributed by atoms with E-state index in [0.29, 0.717) is 18.3 Å². The second kappa shape index (κ2) is 6.98. The van der Waals surface area contributed by atoms with E-state index < -0.39 is 0 Å². The minimum atomic E-state index is 0.297. The molecule has 1 aromatic heterocycles. The van der Waals surface area contributed by atoms with E-state index in [9.17, 15) is 5.26 Å². The summed E-state index contributed by atoms with van der Waals surface area (Å²) in [4.78, 5) is 13.8. The quantitative estimate of drug-likeness (QED) is 0.698. The fourth-order valence-corrected chi connectivity index (χ4v) is 3.70. The maximum atomic E-state index is 9.52. The SMILES string of the molecule is N#Cc1nc2ccccc2nc1N1CCN(Cc2ccc3c(c2)OCO3)CC1. The number of anilines is 1. The third-order valence-corrected chi connectivity index (χ3v) is 5.17. The van der Waals surface area contributed by atoms with Gasteiger partial charge in [0, 0.05) is 32.7 Å². The molecule has 28 heavy (non-hydrogen) atoms. The van der Waals surface area contributed by atoms with Gasteiger partial charge in [0.2, 0.25) is 6.79 Å². The molecular weight excluding hydrogens is 354 g/mol. The van der Waals surface area contributed by atoms with Gasteiger partial charge in [0.05, 0.1) is 11.0 Å². The van der Waals surface area contributed by atoms with Gasteiger partial charge in [-0.1, -0.05) is 18.2 Å². The summed E-state index contributed by atoms with van der Waals surface area (Å²) >= 11 is 0. The van der Waals surface area contributed by atoms with E-state index in [-0.39, 0.29) is 0 Å². The number of benzene rings is 2. The Bertz CT molecular complexity index is 1070. The monoisotopic (exact) mass is 373 g/mol. The number of fused-ring (bicyclic) bond motifs is 2. The van der Waals surface area contributed by atoms with Gasteiger partial charge in [-0.15, -0.1) is 0 Å². The van der Waals surface area contributed by atoms with Crippen molar-refractivity contribution in [3.8, 4) is 17.6 Å². The lowest BCUT2D eigenvalue weighted by Gasteiger charge is -2.35. The smallest absolute Gasteiger partial charge is 0.231 e. The van der Waals surface area contributed by atoms with Crippen LogP contribution in [0.3, 0.4) is 0 Å². The largest absolute Gasteiger partial charge is 0.454 e. The molecule has 0 bridgehead atoms. The normalized spacial score (nSPS) is 16.3. The predicted octanol–water partition coefficient (Wildman–Crippen LogP) is 2.55. The lowest BCUT2D eigenvalue weighted by molar-refractivity contribution is 0.174. The summed E-state index contributed by atoms with van der Waals surface area (Å²) in [6.07, 6.45) is 0. The predicted molar refractivity (Wildman–Crippen MR) is 104 cm³/mol. The summed E-state index contributed by atoms with van der Waals surface area (Å²) in [5, 5.41) is 9.52. The molecule has 0 N–H and O–H groups in total. The molecule has 2 aliphatic heterocycles. The van der Waals surface area contributed by atoms with E-state index in [4.69, 9.17) is 14.5 Å². The highest BCUT2D eigenvalue weighted by Crippen LogP contribution is 2.33. The average molecular weight is 373 g/mol. The van der Waals surface area contributed by atoms with E-state index in [0.717, 1.165) is 55.3 Å². The molecule has 7 heteroatoms. The van der Waals surface area contributed by atoms with Crippen molar-refractivity contribution in [3.05, 3.63) is 53.7 Å². The second-order valence-corrected chi connectivity index (χ2v) is 6.95. The Morgan fingerprint density at radius 2 is 1.68 bits per heavy atom. The van der Waals surface area contributed by atoms with Crippen molar-refractivity contribution in [3.63, 3.8) is 0 Å². The lowest BCUT2D eigenvalue weighted by atomic mass is 10.1. The maximum absolute atomic E-state index is 9.52. The molecule has 2 aliphatic rings. The molecule has 5 rings (SSSR count). The summed E-state index contributed by atoms with van der Waals surface area (Å²) in [5.41, 5.74) is 3.17. The number of hydrogen-bond acceptors (Lipinski definition) is 7. The summed E-state index contributed by atoms with van der Waals surface area (Å²) in [6, 6.07) is 16.0. The number of para-hydroxylation sites is 2. The fraction of sp³-hybridized carbons (Fsp3) is 0.286. The van der Waals surface area contributed by atoms with Crippen LogP contribution in [0, 0.1) is 11.3 Å². The van der Waals surface area contributed by atoms with Crippen LogP contribution in [-0.2, 0) is 6.54 Å². The Hall–Kier alpha value is -3.37. The molecule has 1 saturated heterocycles. The van der Waals surface area contributed by atoms with Crippen LogP contribution in [0.15, 0.2) is 42.5 Å². The molecule has 2 aromatic carbocycles. The molecule has 7 nitrogen and oxygen atoms in total. The van der Waals surface area contributed by atoms with Crippen molar-refractivity contribution < 1.29 is 9.47 Å². The average Bonchev–Trinajstić information content (AvgIpc) is 3.21. The van der Waals surface area contributed by atoms with Gasteiger partial charge in [0.15, 0.2) is 23.0 Å². The van der Waals surface area contributed by atoms with Crippen molar-refractivity contribution in [1.29, 1.82) is 5.26 Å². The second-order valence-electron chi connectivity index (χ2n) is 6.95. The van der Waals surface area contributed by atoms with E-state index in [1.165, 1.54) is 5.56 Å². The molecule has 0 unspecified atom stereocenters. The van der Waals surface area contributed by atoms with Gasteiger partial charge in [-0.3, -0.25) is 4.90 Å². The number of aromatic nitrogens is 2. The molecule has 3 aromatic rings. The third-order valence-electron chi connectivity index (χ3n) is 5.17. The van der Waals surface area contributed by atoms with Crippen LogP contribution in [0.1, 0.15) is 11.3 Å². The summed E-state index contributed by atoms with van der Waals surface area (Å²) in [6.45, 7) is 4.57. The Kier molecular flexibility index (Phi) is 4.18. The number of nitriles is 1. The van der Waals surface area contributed by atoms with E-state index >= 15 is 0 Å². The summed E-state index contributed by atoms with van der Waals surface area (Å²) < 4.78 is 10.8. The van der Waals surface area contributed by atoms with Crippen molar-refractivity contribution in [2.75, 3.05) is 37.9 Å². The van der Waals surface area contributed by atoms with E-state index in [1.54, 1.807) is 0 Å². The van der Waals surface area contributed by atoms with E-state index in [2.05, 4.69) is 33.0 Å². The van der Waals surface area contributed by atoms with Gasteiger partial charge >= 0.3 is 0 Å². The first-order valence-electron chi connectivity index (χ1n) is 9.33. The molecule has 140 valence electrons. The number of rotatable bonds is 3. The molecule has 0 amide bonds. The number of nitrogens with zero attached hydrogens (tertiary/aromatic N) is 5. The van der Waals surface area contributed by atoms with Crippen LogP contribution in [0.5, 0.6) is 11.5 Å². The van der Waals surface area contributed by atoms with E-state index in [1.807, 2.05) is 30.3 Å². The zero-order valence-corrected chi connectivity index (χ0v) is 15.3. The molecule has 3 heterocycles. The Morgan fingerprint density at radius 3 is 2.46 bits per heavy atom. The highest BCUT2D eigenvalue weighted by Gasteiger charge is 2.22. The molecule has 0 radical (unpaired) electrons. The number of ether oxygens (including phenoxy) is 2. The zero-order chi connectivity index (χ0) is 18.9. The van der Waals surface area contributed by atoms with Crippen LogP contribution in [0.25, 0.3) is 11.0 Å². The maximum Gasteiger partial charge on any atom is 0.231 e. The molecule has 0 spiro atoms. The van der Waals surface area contributed by atoms with Crippen LogP contribution < -0.4 is 14.4 Å². The molecular formula is C21H19N5O2. The van der Waals surface area contributed by atoms with Crippen molar-refractivity contribution in [1.82, 2.24) is 14.9 Å².